The molecule has 1 atom stereocenters. The topological polar surface area (TPSA) is 82.6 Å². The van der Waals surface area contributed by atoms with Gasteiger partial charge in [0.25, 0.3) is 0 Å². The summed E-state index contributed by atoms with van der Waals surface area (Å²) >= 11 is 0. The van der Waals surface area contributed by atoms with Crippen LogP contribution in [-0.2, 0) is 9.53 Å². The predicted molar refractivity (Wildman–Crippen MR) is 87.3 cm³/mol. The molecule has 0 fully saturated rings. The van der Waals surface area contributed by atoms with E-state index in [2.05, 4.69) is 20.6 Å². The van der Waals surface area contributed by atoms with E-state index in [0.29, 0.717) is 19.0 Å². The minimum absolute atomic E-state index is 0.407. The number of hydrogen-bond donors (Lipinski definition) is 2. The van der Waals surface area contributed by atoms with E-state index in [1.165, 1.54) is 0 Å². The van der Waals surface area contributed by atoms with Crippen molar-refractivity contribution < 1.29 is 9.53 Å². The Morgan fingerprint density at radius 1 is 1.43 bits per heavy atom. The molecule has 0 spiro atoms. The van der Waals surface area contributed by atoms with E-state index in [4.69, 9.17) is 4.74 Å². The molecule has 7 heteroatoms. The molecule has 2 heterocycles. The maximum absolute atomic E-state index is 11.6. The first-order valence-corrected chi connectivity index (χ1v) is 7.40. The Labute approximate surface area is 134 Å². The number of aldehydes is 1. The van der Waals surface area contributed by atoms with Crippen LogP contribution in [0.25, 0.3) is 0 Å². The molecule has 2 N–H and O–H groups in total. The van der Waals surface area contributed by atoms with Gasteiger partial charge >= 0.3 is 0 Å². The zero-order chi connectivity index (χ0) is 16.2. The maximum atomic E-state index is 11.6. The maximum Gasteiger partial charge on any atom is 0.159 e. The summed E-state index contributed by atoms with van der Waals surface area (Å²) in [5, 5.41) is 16.6. The van der Waals surface area contributed by atoms with Gasteiger partial charge in [0.1, 0.15) is 18.1 Å². The number of aromatic amines is 1. The summed E-state index contributed by atoms with van der Waals surface area (Å²) in [5.74, 6) is 1.44. The van der Waals surface area contributed by atoms with Crippen molar-refractivity contribution in [1.82, 2.24) is 15.2 Å². The number of aromatic nitrogens is 2. The summed E-state index contributed by atoms with van der Waals surface area (Å²) in [7, 11) is 1.63. The highest BCUT2D eigenvalue weighted by Crippen LogP contribution is 2.28. The number of fused-ring (bicyclic) bond motifs is 1. The van der Waals surface area contributed by atoms with E-state index < -0.39 is 6.04 Å². The van der Waals surface area contributed by atoms with Gasteiger partial charge in [0.05, 0.1) is 18.8 Å². The van der Waals surface area contributed by atoms with Gasteiger partial charge in [0, 0.05) is 18.7 Å². The van der Waals surface area contributed by atoms with Gasteiger partial charge in [0.15, 0.2) is 5.84 Å². The first kappa shape index (κ1) is 15.2. The van der Waals surface area contributed by atoms with Crippen LogP contribution in [0, 0.1) is 6.92 Å². The Bertz CT molecular complexity index is 725. The molecule has 0 bridgehead atoms. The fraction of sp³-hybridized carbons (Fsp3) is 0.312. The molecule has 7 nitrogen and oxygen atoms in total. The summed E-state index contributed by atoms with van der Waals surface area (Å²) in [6.45, 7) is 2.93. The number of H-pyrrole nitrogens is 1. The summed E-state index contributed by atoms with van der Waals surface area (Å²) in [5.41, 5.74) is 2.72. The Balaban J connectivity index is 1.97. The van der Waals surface area contributed by atoms with Crippen molar-refractivity contribution in [2.24, 2.45) is 5.10 Å². The second-order valence-electron chi connectivity index (χ2n) is 5.32. The molecule has 1 aromatic heterocycles. The zero-order valence-corrected chi connectivity index (χ0v) is 13.1. The molecule has 23 heavy (non-hydrogen) atoms. The normalized spacial score (nSPS) is 16.7. The summed E-state index contributed by atoms with van der Waals surface area (Å²) in [6, 6.07) is 9.25. The van der Waals surface area contributed by atoms with Gasteiger partial charge in [-0.1, -0.05) is 24.3 Å². The smallest absolute Gasteiger partial charge is 0.159 e. The second-order valence-corrected chi connectivity index (χ2v) is 5.32. The Morgan fingerprint density at radius 3 is 2.96 bits per heavy atom. The Kier molecular flexibility index (Phi) is 4.38. The van der Waals surface area contributed by atoms with Crippen molar-refractivity contribution >= 4 is 17.9 Å². The molecule has 0 saturated heterocycles. The fourth-order valence-electron chi connectivity index (χ4n) is 2.60. The Hall–Kier alpha value is -2.67. The fourth-order valence-corrected chi connectivity index (χ4v) is 2.60. The van der Waals surface area contributed by atoms with Crippen LogP contribution in [0.4, 0.5) is 5.82 Å². The van der Waals surface area contributed by atoms with E-state index in [-0.39, 0.29) is 0 Å². The predicted octanol–water partition coefficient (Wildman–Crippen LogP) is 1.69. The van der Waals surface area contributed by atoms with E-state index in [1.54, 1.807) is 12.1 Å². The van der Waals surface area contributed by atoms with Gasteiger partial charge in [-0.15, -0.1) is 0 Å². The number of anilines is 1. The van der Waals surface area contributed by atoms with Gasteiger partial charge in [-0.05, 0) is 12.5 Å². The lowest BCUT2D eigenvalue weighted by Gasteiger charge is -2.32. The third kappa shape index (κ3) is 3.09. The molecule has 0 radical (unpaired) electrons. The van der Waals surface area contributed by atoms with Crippen LogP contribution < -0.4 is 5.32 Å². The average molecular weight is 313 g/mol. The molecular weight excluding hydrogens is 294 g/mol. The minimum atomic E-state index is -0.407. The lowest BCUT2D eigenvalue weighted by Crippen LogP contribution is -2.36. The van der Waals surface area contributed by atoms with Gasteiger partial charge in [-0.2, -0.15) is 10.2 Å². The molecule has 1 unspecified atom stereocenters. The lowest BCUT2D eigenvalue weighted by atomic mass is 9.98. The third-order valence-corrected chi connectivity index (χ3v) is 3.70. The van der Waals surface area contributed by atoms with E-state index >= 15 is 0 Å². The first-order chi connectivity index (χ1) is 11.2. The van der Waals surface area contributed by atoms with E-state index in [1.807, 2.05) is 37.3 Å². The van der Waals surface area contributed by atoms with Crippen LogP contribution >= 0.6 is 0 Å². The molecule has 1 aromatic carbocycles. The van der Waals surface area contributed by atoms with Gasteiger partial charge < -0.3 is 14.8 Å². The number of carbonyl (C=O) groups excluding carboxylic acids is 1. The molecular formula is C16H19N5O2. The molecule has 1 aliphatic heterocycles. The molecule has 120 valence electrons. The van der Waals surface area contributed by atoms with Crippen molar-refractivity contribution in [1.29, 1.82) is 0 Å². The second kappa shape index (κ2) is 6.62. The van der Waals surface area contributed by atoms with Crippen molar-refractivity contribution in [3.05, 3.63) is 47.2 Å². The Morgan fingerprint density at radius 2 is 2.26 bits per heavy atom. The van der Waals surface area contributed by atoms with Crippen LogP contribution in [0.5, 0.6) is 0 Å². The van der Waals surface area contributed by atoms with Gasteiger partial charge in [-0.25, -0.2) is 0 Å². The van der Waals surface area contributed by atoms with E-state index in [0.717, 1.165) is 28.9 Å². The number of aryl methyl sites for hydroxylation is 1. The van der Waals surface area contributed by atoms with Crippen LogP contribution in [0.2, 0.25) is 0 Å². The highest BCUT2D eigenvalue weighted by Gasteiger charge is 2.28. The molecule has 3 rings (SSSR count). The molecule has 0 aliphatic carbocycles. The minimum Gasteiger partial charge on any atom is -0.383 e. The highest BCUT2D eigenvalue weighted by atomic mass is 16.5. The quantitative estimate of drug-likeness (QED) is 0.821. The van der Waals surface area contributed by atoms with Crippen LogP contribution in [0.15, 0.2) is 35.4 Å². The number of methoxy groups -OCH3 is 1. The number of rotatable bonds is 5. The first-order valence-electron chi connectivity index (χ1n) is 7.40. The molecule has 0 saturated carbocycles. The average Bonchev–Trinajstić information content (AvgIpc) is 2.98. The molecule has 2 aromatic rings. The van der Waals surface area contributed by atoms with E-state index in [9.17, 15) is 4.79 Å². The van der Waals surface area contributed by atoms with Crippen molar-refractivity contribution in [3.8, 4) is 0 Å². The number of carbonyl (C=O) groups is 1. The van der Waals surface area contributed by atoms with Gasteiger partial charge in [0.2, 0.25) is 0 Å². The monoisotopic (exact) mass is 313 g/mol. The van der Waals surface area contributed by atoms with Crippen LogP contribution in [0.1, 0.15) is 22.9 Å². The lowest BCUT2D eigenvalue weighted by molar-refractivity contribution is -0.113. The molecule has 1 aliphatic rings. The zero-order valence-electron chi connectivity index (χ0n) is 13.1. The summed E-state index contributed by atoms with van der Waals surface area (Å²) < 4.78 is 5.12. The largest absolute Gasteiger partial charge is 0.383 e. The SMILES string of the molecule is COCCN1N=C(Nc2cc(C)n[nH]2)c2ccccc2C1C=O. The van der Waals surface area contributed by atoms with Gasteiger partial charge in [-0.3, -0.25) is 10.1 Å². The number of nitrogens with one attached hydrogen (secondary N) is 2. The van der Waals surface area contributed by atoms with Crippen molar-refractivity contribution in [3.63, 3.8) is 0 Å². The molecule has 0 amide bonds. The third-order valence-electron chi connectivity index (χ3n) is 3.70. The highest BCUT2D eigenvalue weighted by molar-refractivity contribution is 6.09. The number of amidine groups is 1. The van der Waals surface area contributed by atoms with Crippen LogP contribution in [-0.4, -0.2) is 47.6 Å². The summed E-state index contributed by atoms with van der Waals surface area (Å²) in [6.07, 6.45) is 0.912. The number of hydrazone groups is 1. The summed E-state index contributed by atoms with van der Waals surface area (Å²) in [4.78, 5) is 11.6. The number of nitrogens with zero attached hydrogens (tertiary/aromatic N) is 3. The van der Waals surface area contributed by atoms with Crippen molar-refractivity contribution in [2.45, 2.75) is 13.0 Å². The standard InChI is InChI=1S/C16H19N5O2/c1-11-9-15(19-18-11)17-16-13-6-4-3-5-12(13)14(10-22)21(20-16)7-8-23-2/h3-6,9-10,14H,7-8H2,1-2H3,(H2,17,18,19,20). The number of ether oxygens (including phenoxy) is 1. The number of benzene rings is 1. The van der Waals surface area contributed by atoms with Crippen LogP contribution in [0.3, 0.4) is 0 Å². The van der Waals surface area contributed by atoms with Crippen molar-refractivity contribution in [2.75, 3.05) is 25.6 Å². The number of hydrogen-bond acceptors (Lipinski definition) is 6.